The van der Waals surface area contributed by atoms with Gasteiger partial charge in [0.1, 0.15) is 0 Å². The molecule has 2 atom stereocenters. The molecule has 5 rings (SSSR count). The van der Waals surface area contributed by atoms with Crippen molar-refractivity contribution in [1.82, 2.24) is 14.9 Å². The third-order valence-electron chi connectivity index (χ3n) is 5.82. The third-order valence-corrected chi connectivity index (χ3v) is 5.82. The molecule has 6 heteroatoms. The number of nitrogens with one attached hydrogen (secondary N) is 2. The molecule has 2 aromatic carbocycles. The lowest BCUT2D eigenvalue weighted by Crippen LogP contribution is -2.27. The number of hydrogen-bond donors (Lipinski definition) is 2. The highest BCUT2D eigenvalue weighted by Crippen LogP contribution is 2.42. The summed E-state index contributed by atoms with van der Waals surface area (Å²) in [5, 5.41) is 6.31. The van der Waals surface area contributed by atoms with Crippen LogP contribution in [-0.2, 0) is 0 Å². The number of aryl methyl sites for hydroxylation is 1. The highest BCUT2D eigenvalue weighted by Gasteiger charge is 2.39. The average Bonchev–Trinajstić information content (AvgIpc) is 3.68. The molecule has 0 aliphatic heterocycles. The highest BCUT2D eigenvalue weighted by atomic mass is 16.2. The van der Waals surface area contributed by atoms with Crippen molar-refractivity contribution < 1.29 is 4.79 Å². The second-order valence-corrected chi connectivity index (χ2v) is 8.20. The Bertz CT molecular complexity index is 1150. The first-order valence-electron chi connectivity index (χ1n) is 10.4. The van der Waals surface area contributed by atoms with Crippen LogP contribution in [0.4, 0.5) is 5.82 Å². The summed E-state index contributed by atoms with van der Waals surface area (Å²) in [6.07, 6.45) is 6.33. The van der Waals surface area contributed by atoms with E-state index < -0.39 is 0 Å². The van der Waals surface area contributed by atoms with Gasteiger partial charge < -0.3 is 10.6 Å². The molecule has 0 unspecified atom stereocenters. The molecule has 0 spiro atoms. The third kappa shape index (κ3) is 3.73. The van der Waals surface area contributed by atoms with Gasteiger partial charge in [0.15, 0.2) is 5.82 Å². The summed E-state index contributed by atoms with van der Waals surface area (Å²) in [7, 11) is 0. The van der Waals surface area contributed by atoms with Crippen LogP contribution in [0.3, 0.4) is 0 Å². The Hall–Kier alpha value is -3.41. The van der Waals surface area contributed by atoms with Gasteiger partial charge in [0.2, 0.25) is 0 Å². The Morgan fingerprint density at radius 1 is 1.13 bits per heavy atom. The lowest BCUT2D eigenvalue weighted by atomic mass is 10.1. The van der Waals surface area contributed by atoms with E-state index in [0.29, 0.717) is 23.0 Å². The van der Waals surface area contributed by atoms with Gasteiger partial charge in [0, 0.05) is 36.0 Å². The Kier molecular flexibility index (Phi) is 4.62. The van der Waals surface area contributed by atoms with E-state index in [4.69, 9.17) is 0 Å². The molecule has 6 nitrogen and oxygen atoms in total. The molecule has 3 aromatic rings. The van der Waals surface area contributed by atoms with Crippen LogP contribution in [0.1, 0.15) is 46.7 Å². The lowest BCUT2D eigenvalue weighted by Gasteiger charge is -2.13. The van der Waals surface area contributed by atoms with Gasteiger partial charge in [-0.2, -0.15) is 0 Å². The minimum absolute atomic E-state index is 0.0945. The largest absolute Gasteiger partial charge is 0.362 e. The van der Waals surface area contributed by atoms with E-state index in [9.17, 15) is 9.59 Å². The van der Waals surface area contributed by atoms with Crippen molar-refractivity contribution in [3.8, 4) is 5.69 Å². The minimum atomic E-state index is -0.209. The Morgan fingerprint density at radius 2 is 1.93 bits per heavy atom. The Balaban J connectivity index is 1.39. The predicted octanol–water partition coefficient (Wildman–Crippen LogP) is 3.40. The summed E-state index contributed by atoms with van der Waals surface area (Å²) in [4.78, 5) is 29.9. The molecular weight excluding hydrogens is 376 g/mol. The van der Waals surface area contributed by atoms with E-state index in [1.807, 2.05) is 31.2 Å². The van der Waals surface area contributed by atoms with Crippen LogP contribution in [0.2, 0.25) is 0 Å². The van der Waals surface area contributed by atoms with Crippen LogP contribution in [0.25, 0.3) is 5.69 Å². The highest BCUT2D eigenvalue weighted by molar-refractivity contribution is 5.95. The first-order valence-corrected chi connectivity index (χ1v) is 10.4. The van der Waals surface area contributed by atoms with E-state index >= 15 is 0 Å². The maximum absolute atomic E-state index is 13.1. The molecule has 30 heavy (non-hydrogen) atoms. The Labute approximate surface area is 175 Å². The molecule has 2 fully saturated rings. The molecular formula is C24H24N4O2. The second-order valence-electron chi connectivity index (χ2n) is 8.20. The van der Waals surface area contributed by atoms with Gasteiger partial charge >= 0.3 is 0 Å². The van der Waals surface area contributed by atoms with E-state index in [2.05, 4.69) is 27.8 Å². The molecule has 2 saturated carbocycles. The van der Waals surface area contributed by atoms with Gasteiger partial charge in [-0.15, -0.1) is 0 Å². The number of anilines is 1. The number of carbonyl (C=O) groups excluding carboxylic acids is 1. The first-order chi connectivity index (χ1) is 14.6. The monoisotopic (exact) mass is 400 g/mol. The van der Waals surface area contributed by atoms with Crippen molar-refractivity contribution in [2.75, 3.05) is 5.32 Å². The number of nitrogens with zero attached hydrogens (tertiary/aromatic N) is 2. The molecule has 2 N–H and O–H groups in total. The summed E-state index contributed by atoms with van der Waals surface area (Å²) in [6, 6.07) is 16.3. The van der Waals surface area contributed by atoms with E-state index in [1.54, 1.807) is 29.1 Å². The zero-order valence-corrected chi connectivity index (χ0v) is 16.8. The molecule has 1 heterocycles. The van der Waals surface area contributed by atoms with Crippen LogP contribution in [0, 0.1) is 6.92 Å². The SMILES string of the molecule is Cc1ccc(C(=O)NC2CC2)cc1-n1ccnc(N[C@H]2C[C@@H]2c2ccccc2)c1=O. The van der Waals surface area contributed by atoms with E-state index in [0.717, 1.165) is 24.8 Å². The van der Waals surface area contributed by atoms with Gasteiger partial charge in [-0.3, -0.25) is 14.2 Å². The van der Waals surface area contributed by atoms with Gasteiger partial charge in [-0.1, -0.05) is 36.4 Å². The van der Waals surface area contributed by atoms with Crippen molar-refractivity contribution in [1.29, 1.82) is 0 Å². The van der Waals surface area contributed by atoms with Crippen LogP contribution in [0.5, 0.6) is 0 Å². The fourth-order valence-corrected chi connectivity index (χ4v) is 3.81. The summed E-state index contributed by atoms with van der Waals surface area (Å²) in [6.45, 7) is 1.93. The number of benzene rings is 2. The molecule has 0 radical (unpaired) electrons. The standard InChI is InChI=1S/C24H24N4O2/c1-15-7-8-17(23(29)26-18-9-10-18)13-21(15)28-12-11-25-22(24(28)30)27-20-14-19(20)16-5-3-2-4-6-16/h2-8,11-13,18-20H,9-10,14H2,1H3,(H,25,27)(H,26,29)/t19-,20+/m1/s1. The molecule has 2 aliphatic carbocycles. The molecule has 1 amide bonds. The zero-order chi connectivity index (χ0) is 20.7. The van der Waals surface area contributed by atoms with Crippen molar-refractivity contribution in [2.24, 2.45) is 0 Å². The predicted molar refractivity (Wildman–Crippen MR) is 116 cm³/mol. The number of aromatic nitrogens is 2. The average molecular weight is 400 g/mol. The maximum Gasteiger partial charge on any atom is 0.297 e. The number of amides is 1. The number of hydrogen-bond acceptors (Lipinski definition) is 4. The summed E-state index contributed by atoms with van der Waals surface area (Å²) in [5.41, 5.74) is 3.25. The molecule has 2 aliphatic rings. The van der Waals surface area contributed by atoms with Gasteiger partial charge in [-0.05, 0) is 49.4 Å². The molecule has 0 saturated heterocycles. The smallest absolute Gasteiger partial charge is 0.297 e. The maximum atomic E-state index is 13.1. The number of carbonyl (C=O) groups is 1. The molecule has 0 bridgehead atoms. The lowest BCUT2D eigenvalue weighted by molar-refractivity contribution is 0.0951. The topological polar surface area (TPSA) is 76.0 Å². The fourth-order valence-electron chi connectivity index (χ4n) is 3.81. The van der Waals surface area contributed by atoms with Crippen LogP contribution in [-0.4, -0.2) is 27.5 Å². The van der Waals surface area contributed by atoms with Crippen LogP contribution >= 0.6 is 0 Å². The van der Waals surface area contributed by atoms with Crippen LogP contribution < -0.4 is 16.2 Å². The summed E-state index contributed by atoms with van der Waals surface area (Å²) >= 11 is 0. The normalized spacial score (nSPS) is 19.9. The van der Waals surface area contributed by atoms with E-state index in [-0.39, 0.29) is 23.6 Å². The molecule has 1 aromatic heterocycles. The fraction of sp³-hybridized carbons (Fsp3) is 0.292. The van der Waals surface area contributed by atoms with Crippen molar-refractivity contribution in [2.45, 2.75) is 44.2 Å². The van der Waals surface area contributed by atoms with Crippen molar-refractivity contribution >= 4 is 11.7 Å². The summed E-state index contributed by atoms with van der Waals surface area (Å²) < 4.78 is 1.57. The van der Waals surface area contributed by atoms with E-state index in [1.165, 1.54) is 5.56 Å². The number of rotatable bonds is 6. The van der Waals surface area contributed by atoms with Gasteiger partial charge in [0.25, 0.3) is 11.5 Å². The van der Waals surface area contributed by atoms with Crippen molar-refractivity contribution in [3.63, 3.8) is 0 Å². The summed E-state index contributed by atoms with van der Waals surface area (Å²) in [5.74, 6) is 0.647. The zero-order valence-electron chi connectivity index (χ0n) is 16.8. The van der Waals surface area contributed by atoms with Gasteiger partial charge in [-0.25, -0.2) is 4.98 Å². The second kappa shape index (κ2) is 7.44. The van der Waals surface area contributed by atoms with Crippen LogP contribution in [0.15, 0.2) is 65.7 Å². The van der Waals surface area contributed by atoms with Gasteiger partial charge in [0.05, 0.1) is 5.69 Å². The first kappa shape index (κ1) is 18.6. The Morgan fingerprint density at radius 3 is 2.70 bits per heavy atom. The minimum Gasteiger partial charge on any atom is -0.362 e. The quantitative estimate of drug-likeness (QED) is 0.665. The molecule has 152 valence electrons. The van der Waals surface area contributed by atoms with Crippen molar-refractivity contribution in [3.05, 3.63) is 88.0 Å².